The maximum atomic E-state index is 6.94. The zero-order valence-electron chi connectivity index (χ0n) is 46.0. The summed E-state index contributed by atoms with van der Waals surface area (Å²) in [6.45, 7) is 35.5. The lowest BCUT2D eigenvalue weighted by Crippen LogP contribution is -2.25. The summed E-state index contributed by atoms with van der Waals surface area (Å²) >= 11 is 0. The molecule has 0 unspecified atom stereocenters. The van der Waals surface area contributed by atoms with Crippen LogP contribution in [0.4, 0.5) is 22.7 Å². The van der Waals surface area contributed by atoms with E-state index in [9.17, 15) is 0 Å². The normalized spacial score (nSPS) is 13.6. The Bertz CT molecular complexity index is 3480. The van der Waals surface area contributed by atoms with E-state index in [0.29, 0.717) is 6.67 Å². The third kappa shape index (κ3) is 9.56. The van der Waals surface area contributed by atoms with E-state index >= 15 is 0 Å². The number of nitrogens with zero attached hydrogens (tertiary/aromatic N) is 4. The summed E-state index contributed by atoms with van der Waals surface area (Å²) in [7, 11) is 0. The van der Waals surface area contributed by atoms with Crippen LogP contribution in [0.1, 0.15) is 132 Å². The molecular formula is C68H74N4O. The van der Waals surface area contributed by atoms with Crippen molar-refractivity contribution in [2.24, 2.45) is 0 Å². The second-order valence-corrected chi connectivity index (χ2v) is 25.6. The summed E-state index contributed by atoms with van der Waals surface area (Å²) in [5.41, 5.74) is 18.1. The minimum Gasteiger partial charge on any atom is -0.457 e. The maximum Gasteiger partial charge on any atom is 0.138 e. The van der Waals surface area contributed by atoms with Gasteiger partial charge in [0.1, 0.15) is 24.0 Å². The third-order valence-corrected chi connectivity index (χ3v) is 14.8. The minimum atomic E-state index is -0.101. The first-order valence-corrected chi connectivity index (χ1v) is 26.2. The molecule has 0 fully saturated rings. The van der Waals surface area contributed by atoms with E-state index in [2.05, 4.69) is 276 Å². The maximum absolute atomic E-state index is 6.94. The Kier molecular flexibility index (Phi) is 12.1. The van der Waals surface area contributed by atoms with Gasteiger partial charge in [-0.05, 0) is 150 Å². The highest BCUT2D eigenvalue weighted by Gasteiger charge is 2.32. The molecule has 2 aromatic heterocycles. The van der Waals surface area contributed by atoms with Gasteiger partial charge in [-0.15, -0.1) is 0 Å². The molecule has 10 rings (SSSR count). The standard InChI is InChI=1S/C68H74N4O/c1-64(2,3)47-36-48(65(4,5)6)38-51(37-47)71-43-70(59-26-19-20-27-60(59)71)50-24-21-25-52(41-50)73-53-29-30-54-55-34-45(44-22-17-16-18-23-44)28-31-58(55)72(61(54)42-53)62-35-46(32-33-69-62)63-56(67(10,11)12)39-49(66(7,8)9)40-57(63)68(13,14)15/h16-42H,43H2,1-15H3. The Balaban J connectivity index is 1.07. The first kappa shape index (κ1) is 49.5. The highest BCUT2D eigenvalue weighted by Crippen LogP contribution is 2.48. The Morgan fingerprint density at radius 2 is 0.973 bits per heavy atom. The fourth-order valence-electron chi connectivity index (χ4n) is 10.5. The SMILES string of the molecule is CC(C)(C)c1cc(N2CN(c3cccc(Oc4ccc5c6cc(-c7ccccc7)ccc6n(-c6cc(-c7c(C(C)(C)C)cc(C(C)(C)C)cc7C(C)(C)C)ccn6)c5c4)c3)c3ccccc32)cc(C(C)(C)C)c1. The number of benzene rings is 7. The van der Waals surface area contributed by atoms with Gasteiger partial charge in [-0.25, -0.2) is 4.98 Å². The van der Waals surface area contributed by atoms with Crippen LogP contribution in [0.5, 0.6) is 11.5 Å². The number of anilines is 4. The van der Waals surface area contributed by atoms with Crippen LogP contribution in [0.15, 0.2) is 164 Å². The van der Waals surface area contributed by atoms with Gasteiger partial charge in [-0.1, -0.05) is 177 Å². The number of ether oxygens (including phenoxy) is 1. The summed E-state index contributed by atoms with van der Waals surface area (Å²) in [6.07, 6.45) is 1.99. The van der Waals surface area contributed by atoms with Crippen molar-refractivity contribution >= 4 is 44.6 Å². The average molecular weight is 963 g/mol. The van der Waals surface area contributed by atoms with E-state index in [1.807, 2.05) is 6.20 Å². The van der Waals surface area contributed by atoms with Crippen molar-refractivity contribution < 1.29 is 4.74 Å². The molecular weight excluding hydrogens is 889 g/mol. The molecule has 0 atom stereocenters. The summed E-state index contributed by atoms with van der Waals surface area (Å²) in [4.78, 5) is 10.1. The second kappa shape index (κ2) is 17.8. The van der Waals surface area contributed by atoms with Crippen molar-refractivity contribution in [1.82, 2.24) is 9.55 Å². The van der Waals surface area contributed by atoms with Gasteiger partial charge < -0.3 is 14.5 Å². The Hall–Kier alpha value is -7.11. The number of fused-ring (bicyclic) bond motifs is 4. The van der Waals surface area contributed by atoms with Gasteiger partial charge in [0.15, 0.2) is 0 Å². The van der Waals surface area contributed by atoms with Crippen LogP contribution >= 0.6 is 0 Å². The monoisotopic (exact) mass is 963 g/mol. The van der Waals surface area contributed by atoms with Crippen molar-refractivity contribution in [3.63, 3.8) is 0 Å². The lowest BCUT2D eigenvalue weighted by molar-refractivity contribution is 0.483. The van der Waals surface area contributed by atoms with E-state index < -0.39 is 0 Å². The molecule has 5 nitrogen and oxygen atoms in total. The zero-order valence-corrected chi connectivity index (χ0v) is 46.0. The highest BCUT2D eigenvalue weighted by molar-refractivity contribution is 6.11. The van der Waals surface area contributed by atoms with Gasteiger partial charge in [-0.2, -0.15) is 0 Å². The largest absolute Gasteiger partial charge is 0.457 e. The quantitative estimate of drug-likeness (QED) is 0.159. The highest BCUT2D eigenvalue weighted by atomic mass is 16.5. The molecule has 0 saturated heterocycles. The number of hydrogen-bond donors (Lipinski definition) is 0. The van der Waals surface area contributed by atoms with Crippen LogP contribution in [0.3, 0.4) is 0 Å². The summed E-state index contributed by atoms with van der Waals surface area (Å²) < 4.78 is 9.27. The lowest BCUT2D eigenvalue weighted by atomic mass is 9.71. The fraction of sp³-hybridized carbons (Fsp3) is 0.309. The van der Waals surface area contributed by atoms with Crippen molar-refractivity contribution in [3.8, 4) is 39.6 Å². The molecule has 0 radical (unpaired) electrons. The van der Waals surface area contributed by atoms with Crippen LogP contribution in [-0.4, -0.2) is 16.2 Å². The van der Waals surface area contributed by atoms with E-state index in [-0.39, 0.29) is 27.1 Å². The van der Waals surface area contributed by atoms with Crippen molar-refractivity contribution in [2.75, 3.05) is 16.5 Å². The Morgan fingerprint density at radius 3 is 1.58 bits per heavy atom. The van der Waals surface area contributed by atoms with Crippen LogP contribution in [-0.2, 0) is 27.1 Å². The van der Waals surface area contributed by atoms with Crippen LogP contribution in [0, 0.1) is 0 Å². The molecule has 0 N–H and O–H groups in total. The smallest absolute Gasteiger partial charge is 0.138 e. The molecule has 0 bridgehead atoms. The van der Waals surface area contributed by atoms with E-state index in [4.69, 9.17) is 9.72 Å². The summed E-state index contributed by atoms with van der Waals surface area (Å²) in [6, 6.07) is 57.9. The van der Waals surface area contributed by atoms with Crippen LogP contribution in [0.25, 0.3) is 49.9 Å². The van der Waals surface area contributed by atoms with E-state index in [1.54, 1.807) is 0 Å². The zero-order chi connectivity index (χ0) is 52.0. The minimum absolute atomic E-state index is 0.00128. The number of hydrogen-bond acceptors (Lipinski definition) is 4. The van der Waals surface area contributed by atoms with Gasteiger partial charge in [0.25, 0.3) is 0 Å². The van der Waals surface area contributed by atoms with E-state index in [1.165, 1.54) is 67.1 Å². The Labute approximate surface area is 435 Å². The van der Waals surface area contributed by atoms with Crippen molar-refractivity contribution in [1.29, 1.82) is 0 Å². The Morgan fingerprint density at radius 1 is 0.397 bits per heavy atom. The number of para-hydroxylation sites is 2. The summed E-state index contributed by atoms with van der Waals surface area (Å²) in [5, 5.41) is 2.30. The van der Waals surface area contributed by atoms with Crippen LogP contribution < -0.4 is 14.5 Å². The molecule has 73 heavy (non-hydrogen) atoms. The first-order valence-electron chi connectivity index (χ1n) is 26.2. The topological polar surface area (TPSA) is 33.5 Å². The molecule has 3 heterocycles. The molecule has 9 aromatic rings. The van der Waals surface area contributed by atoms with Crippen LogP contribution in [0.2, 0.25) is 0 Å². The molecule has 0 saturated carbocycles. The molecule has 0 amide bonds. The molecule has 1 aliphatic rings. The first-order chi connectivity index (χ1) is 34.3. The average Bonchev–Trinajstić information content (AvgIpc) is 3.88. The van der Waals surface area contributed by atoms with Gasteiger partial charge in [-0.3, -0.25) is 4.57 Å². The summed E-state index contributed by atoms with van der Waals surface area (Å²) in [5.74, 6) is 2.39. The van der Waals surface area contributed by atoms with Crippen molar-refractivity contribution in [3.05, 3.63) is 192 Å². The van der Waals surface area contributed by atoms with Gasteiger partial charge >= 0.3 is 0 Å². The fourth-order valence-corrected chi connectivity index (χ4v) is 10.5. The predicted octanol–water partition coefficient (Wildman–Crippen LogP) is 19.0. The molecule has 372 valence electrons. The van der Waals surface area contributed by atoms with Gasteiger partial charge in [0, 0.05) is 40.5 Å². The van der Waals surface area contributed by atoms with Crippen molar-refractivity contribution in [2.45, 2.75) is 131 Å². The number of rotatable bonds is 7. The number of pyridine rings is 1. The second-order valence-electron chi connectivity index (χ2n) is 25.6. The molecule has 0 spiro atoms. The number of aromatic nitrogens is 2. The predicted molar refractivity (Wildman–Crippen MR) is 311 cm³/mol. The molecule has 5 heteroatoms. The lowest BCUT2D eigenvalue weighted by Gasteiger charge is -2.34. The van der Waals surface area contributed by atoms with Gasteiger partial charge in [0.05, 0.1) is 22.4 Å². The molecule has 0 aliphatic carbocycles. The molecule has 1 aliphatic heterocycles. The van der Waals surface area contributed by atoms with Gasteiger partial charge in [0.2, 0.25) is 0 Å². The van der Waals surface area contributed by atoms with E-state index in [0.717, 1.165) is 44.8 Å². The third-order valence-electron chi connectivity index (χ3n) is 14.8. The molecule has 7 aromatic carbocycles.